The van der Waals surface area contributed by atoms with Gasteiger partial charge in [0.05, 0.1) is 5.60 Å². The second kappa shape index (κ2) is 8.93. The van der Waals surface area contributed by atoms with E-state index in [-0.39, 0.29) is 47.3 Å². The van der Waals surface area contributed by atoms with Crippen molar-refractivity contribution in [1.82, 2.24) is 0 Å². The third-order valence-corrected chi connectivity index (χ3v) is 8.03. The second-order valence-corrected chi connectivity index (χ2v) is 10.6. The number of ether oxygens (including phenoxy) is 1. The number of aliphatic hydroxyl groups excluding tert-OH is 1. The molecule has 6 atom stereocenters. The summed E-state index contributed by atoms with van der Waals surface area (Å²) in [5.74, 6) is 0.0602. The lowest BCUT2D eigenvalue weighted by atomic mass is 9.44. The Kier molecular flexibility index (Phi) is 7.44. The van der Waals surface area contributed by atoms with E-state index in [0.29, 0.717) is 12.0 Å². The van der Waals surface area contributed by atoms with Crippen molar-refractivity contribution in [2.45, 2.75) is 91.8 Å². The van der Waals surface area contributed by atoms with Crippen LogP contribution in [0.2, 0.25) is 0 Å². The SMILES string of the molecule is C=CC(CO)CCC1C(C)(O)CC(OC(=O)C(C)=CC)C2C(C)(C)CCCC21C. The molecule has 2 aliphatic rings. The first-order valence-corrected chi connectivity index (χ1v) is 11.2. The maximum absolute atomic E-state index is 12.6. The van der Waals surface area contributed by atoms with E-state index in [1.807, 2.05) is 19.9 Å². The van der Waals surface area contributed by atoms with Gasteiger partial charge in [-0.3, -0.25) is 0 Å². The first-order chi connectivity index (χ1) is 13.4. The molecule has 2 fully saturated rings. The number of hydrogen-bond acceptors (Lipinski definition) is 4. The summed E-state index contributed by atoms with van der Waals surface area (Å²) in [6.07, 6.45) is 8.65. The van der Waals surface area contributed by atoms with E-state index in [4.69, 9.17) is 4.74 Å². The highest BCUT2D eigenvalue weighted by molar-refractivity contribution is 5.87. The molecule has 2 rings (SSSR count). The van der Waals surface area contributed by atoms with E-state index in [0.717, 1.165) is 32.1 Å². The van der Waals surface area contributed by atoms with Crippen molar-refractivity contribution in [1.29, 1.82) is 0 Å². The molecule has 0 radical (unpaired) electrons. The molecule has 166 valence electrons. The molecule has 0 aromatic carbocycles. The van der Waals surface area contributed by atoms with E-state index in [9.17, 15) is 15.0 Å². The Morgan fingerprint density at radius 2 is 1.93 bits per heavy atom. The summed E-state index contributed by atoms with van der Waals surface area (Å²) in [7, 11) is 0. The number of esters is 1. The molecule has 4 heteroatoms. The van der Waals surface area contributed by atoms with Crippen molar-refractivity contribution in [2.75, 3.05) is 6.61 Å². The molecule has 0 aromatic rings. The van der Waals surface area contributed by atoms with E-state index in [1.54, 1.807) is 13.0 Å². The van der Waals surface area contributed by atoms with Crippen LogP contribution in [-0.4, -0.2) is 34.5 Å². The number of aliphatic hydroxyl groups is 2. The van der Waals surface area contributed by atoms with Gasteiger partial charge in [-0.05, 0) is 69.1 Å². The average Bonchev–Trinajstić information content (AvgIpc) is 2.62. The van der Waals surface area contributed by atoms with Crippen LogP contribution in [0.1, 0.15) is 80.1 Å². The molecule has 4 nitrogen and oxygen atoms in total. The summed E-state index contributed by atoms with van der Waals surface area (Å²) in [4.78, 5) is 12.6. The van der Waals surface area contributed by atoms with Gasteiger partial charge in [-0.1, -0.05) is 39.3 Å². The fourth-order valence-electron chi connectivity index (χ4n) is 6.59. The monoisotopic (exact) mass is 406 g/mol. The average molecular weight is 407 g/mol. The van der Waals surface area contributed by atoms with Crippen LogP contribution in [0.15, 0.2) is 24.3 Å². The van der Waals surface area contributed by atoms with Crippen LogP contribution in [-0.2, 0) is 9.53 Å². The molecule has 0 saturated heterocycles. The van der Waals surface area contributed by atoms with Gasteiger partial charge in [0, 0.05) is 24.5 Å². The van der Waals surface area contributed by atoms with E-state index < -0.39 is 5.60 Å². The second-order valence-electron chi connectivity index (χ2n) is 10.6. The molecule has 0 amide bonds. The molecule has 2 aliphatic carbocycles. The largest absolute Gasteiger partial charge is 0.459 e. The fraction of sp³-hybridized carbons (Fsp3) is 0.800. The number of fused-ring (bicyclic) bond motifs is 1. The Morgan fingerprint density at radius 3 is 2.48 bits per heavy atom. The molecule has 0 heterocycles. The van der Waals surface area contributed by atoms with Gasteiger partial charge in [0.2, 0.25) is 0 Å². The van der Waals surface area contributed by atoms with Crippen molar-refractivity contribution in [3.05, 3.63) is 24.3 Å². The van der Waals surface area contributed by atoms with E-state index in [1.165, 1.54) is 0 Å². The summed E-state index contributed by atoms with van der Waals surface area (Å²) >= 11 is 0. The van der Waals surface area contributed by atoms with Crippen LogP contribution in [0.3, 0.4) is 0 Å². The first-order valence-electron chi connectivity index (χ1n) is 11.2. The lowest BCUT2D eigenvalue weighted by molar-refractivity contribution is -0.224. The van der Waals surface area contributed by atoms with Crippen LogP contribution in [0.25, 0.3) is 0 Å². The lowest BCUT2D eigenvalue weighted by Gasteiger charge is -2.63. The van der Waals surface area contributed by atoms with Crippen LogP contribution in [0, 0.1) is 28.6 Å². The highest BCUT2D eigenvalue weighted by Gasteiger charge is 2.62. The number of hydrogen-bond donors (Lipinski definition) is 2. The third-order valence-electron chi connectivity index (χ3n) is 8.03. The Balaban J connectivity index is 2.41. The molecular weight excluding hydrogens is 364 g/mol. The van der Waals surface area contributed by atoms with Gasteiger partial charge in [0.25, 0.3) is 0 Å². The minimum atomic E-state index is -0.922. The predicted molar refractivity (Wildman–Crippen MR) is 117 cm³/mol. The Bertz CT molecular complexity index is 633. The molecular formula is C25H42O4. The van der Waals surface area contributed by atoms with Gasteiger partial charge in [-0.2, -0.15) is 0 Å². The van der Waals surface area contributed by atoms with Crippen LogP contribution >= 0.6 is 0 Å². The molecule has 0 aromatic heterocycles. The normalized spacial score (nSPS) is 38.1. The maximum atomic E-state index is 12.6. The number of rotatable bonds is 7. The van der Waals surface area contributed by atoms with Crippen molar-refractivity contribution in [3.63, 3.8) is 0 Å². The van der Waals surface area contributed by atoms with Crippen LogP contribution < -0.4 is 0 Å². The van der Waals surface area contributed by atoms with Gasteiger partial charge in [0.15, 0.2) is 0 Å². The topological polar surface area (TPSA) is 66.8 Å². The zero-order chi connectivity index (χ0) is 22.0. The summed E-state index contributed by atoms with van der Waals surface area (Å²) in [6, 6.07) is 0. The summed E-state index contributed by atoms with van der Waals surface area (Å²) in [5, 5.41) is 21.1. The van der Waals surface area contributed by atoms with E-state index >= 15 is 0 Å². The zero-order valence-corrected chi connectivity index (χ0v) is 19.3. The Morgan fingerprint density at radius 1 is 1.28 bits per heavy atom. The minimum absolute atomic E-state index is 0.0331. The molecule has 0 aliphatic heterocycles. The van der Waals surface area contributed by atoms with Crippen molar-refractivity contribution < 1.29 is 19.7 Å². The number of allylic oxidation sites excluding steroid dienone is 1. The van der Waals surface area contributed by atoms with Gasteiger partial charge in [0.1, 0.15) is 6.10 Å². The first kappa shape index (κ1) is 24.1. The van der Waals surface area contributed by atoms with Crippen LogP contribution in [0.4, 0.5) is 0 Å². The fourth-order valence-corrected chi connectivity index (χ4v) is 6.59. The molecule has 6 unspecified atom stereocenters. The quantitative estimate of drug-likeness (QED) is 0.353. The zero-order valence-electron chi connectivity index (χ0n) is 19.3. The molecule has 2 N–H and O–H groups in total. The third kappa shape index (κ3) is 4.80. The smallest absolute Gasteiger partial charge is 0.333 e. The standard InChI is InChI=1S/C25H42O4/c1-8-17(3)22(27)29-19-15-25(7,28)20(12-11-18(9-2)16-26)24(6)14-10-13-23(4,5)21(19)24/h8-9,18-21,26,28H,2,10-16H2,1,3-7H3. The van der Waals surface area contributed by atoms with Crippen molar-refractivity contribution in [2.24, 2.45) is 28.6 Å². The summed E-state index contributed by atoms with van der Waals surface area (Å²) < 4.78 is 6.04. The highest BCUT2D eigenvalue weighted by atomic mass is 16.5. The van der Waals surface area contributed by atoms with Gasteiger partial charge in [-0.25, -0.2) is 4.79 Å². The Labute approximate surface area is 177 Å². The van der Waals surface area contributed by atoms with Gasteiger partial charge < -0.3 is 14.9 Å². The maximum Gasteiger partial charge on any atom is 0.333 e. The summed E-state index contributed by atoms with van der Waals surface area (Å²) in [6.45, 7) is 16.3. The van der Waals surface area contributed by atoms with Crippen molar-refractivity contribution >= 4 is 5.97 Å². The lowest BCUT2D eigenvalue weighted by Crippen LogP contribution is -2.63. The predicted octanol–water partition coefficient (Wildman–Crippen LogP) is 5.04. The minimum Gasteiger partial charge on any atom is -0.459 e. The molecule has 2 saturated carbocycles. The van der Waals surface area contributed by atoms with Gasteiger partial charge in [-0.15, -0.1) is 6.58 Å². The Hall–Kier alpha value is -1.13. The summed E-state index contributed by atoms with van der Waals surface area (Å²) in [5.41, 5.74) is -0.404. The molecule has 0 bridgehead atoms. The number of carbonyl (C=O) groups is 1. The highest BCUT2D eigenvalue weighted by Crippen LogP contribution is 2.63. The van der Waals surface area contributed by atoms with E-state index in [2.05, 4.69) is 27.4 Å². The molecule has 0 spiro atoms. The van der Waals surface area contributed by atoms with Crippen molar-refractivity contribution in [3.8, 4) is 0 Å². The van der Waals surface area contributed by atoms with Gasteiger partial charge >= 0.3 is 5.97 Å². The molecule has 29 heavy (non-hydrogen) atoms. The van der Waals surface area contributed by atoms with Crippen LogP contribution in [0.5, 0.6) is 0 Å². The number of carbonyl (C=O) groups excluding carboxylic acids is 1.